The van der Waals surface area contributed by atoms with E-state index in [1.165, 1.54) is 12.1 Å². The highest BCUT2D eigenvalue weighted by molar-refractivity contribution is 5.71. The maximum Gasteiger partial charge on any atom is 0.416 e. The summed E-state index contributed by atoms with van der Waals surface area (Å²) in [5.41, 5.74) is 4.44. The summed E-state index contributed by atoms with van der Waals surface area (Å²) in [7, 11) is 0. The number of piperidine rings is 1. The van der Waals surface area contributed by atoms with Gasteiger partial charge in [-0.25, -0.2) is 4.68 Å². The molecule has 176 valence electrons. The highest BCUT2D eigenvalue weighted by Gasteiger charge is 2.30. The molecule has 0 amide bonds. The predicted octanol–water partition coefficient (Wildman–Crippen LogP) is 5.96. The molecule has 1 N–H and O–H groups in total. The van der Waals surface area contributed by atoms with E-state index in [0.29, 0.717) is 16.8 Å². The number of benzene rings is 3. The molecule has 0 unspecified atom stereocenters. The minimum atomic E-state index is -4.40. The van der Waals surface area contributed by atoms with Crippen molar-refractivity contribution in [3.05, 3.63) is 89.6 Å². The van der Waals surface area contributed by atoms with E-state index in [-0.39, 0.29) is 5.92 Å². The number of nitrogens with one attached hydrogen (secondary N) is 1. The molecule has 4 aromatic rings. The monoisotopic (exact) mass is 473 g/mol. The minimum Gasteiger partial charge on any atom is -0.317 e. The van der Waals surface area contributed by atoms with Gasteiger partial charge < -0.3 is 5.32 Å². The molecule has 1 saturated heterocycles. The molecular formula is C27H22F3N5. The molecular weight excluding hydrogens is 451 g/mol. The van der Waals surface area contributed by atoms with Gasteiger partial charge in [0.2, 0.25) is 0 Å². The van der Waals surface area contributed by atoms with Crippen LogP contribution in [0.15, 0.2) is 72.9 Å². The Kier molecular flexibility index (Phi) is 6.10. The normalized spacial score (nSPS) is 14.6. The Morgan fingerprint density at radius 3 is 2.29 bits per heavy atom. The molecule has 35 heavy (non-hydrogen) atoms. The number of nitrogens with zero attached hydrogens (tertiary/aromatic N) is 4. The lowest BCUT2D eigenvalue weighted by molar-refractivity contribution is -0.137. The molecule has 1 aliphatic rings. The van der Waals surface area contributed by atoms with E-state index in [2.05, 4.69) is 21.7 Å². The molecule has 1 aliphatic heterocycles. The Hall–Kier alpha value is -3.96. The zero-order valence-electron chi connectivity index (χ0n) is 18.8. The highest BCUT2D eigenvalue weighted by Crippen LogP contribution is 2.37. The Morgan fingerprint density at radius 2 is 1.63 bits per heavy atom. The van der Waals surface area contributed by atoms with Crippen LogP contribution in [-0.4, -0.2) is 28.1 Å². The van der Waals surface area contributed by atoms with Crippen molar-refractivity contribution in [1.82, 2.24) is 20.3 Å². The van der Waals surface area contributed by atoms with Gasteiger partial charge in [0.25, 0.3) is 0 Å². The zero-order chi connectivity index (χ0) is 24.4. The average molecular weight is 474 g/mol. The van der Waals surface area contributed by atoms with Gasteiger partial charge in [0.05, 0.1) is 29.1 Å². The Labute approximate surface area is 200 Å². The summed E-state index contributed by atoms with van der Waals surface area (Å²) in [4.78, 5) is 0. The van der Waals surface area contributed by atoms with Gasteiger partial charge in [-0.2, -0.15) is 18.4 Å². The summed E-state index contributed by atoms with van der Waals surface area (Å²) in [5.74, 6) is 0.185. The highest BCUT2D eigenvalue weighted by atomic mass is 19.4. The molecule has 3 aromatic carbocycles. The molecule has 0 bridgehead atoms. The first kappa shape index (κ1) is 22.8. The van der Waals surface area contributed by atoms with E-state index in [1.54, 1.807) is 10.9 Å². The Bertz CT molecular complexity index is 1360. The molecule has 0 saturated carbocycles. The third-order valence-electron chi connectivity index (χ3n) is 6.38. The van der Waals surface area contributed by atoms with Crippen LogP contribution >= 0.6 is 0 Å². The van der Waals surface area contributed by atoms with Crippen molar-refractivity contribution in [1.29, 1.82) is 5.26 Å². The van der Waals surface area contributed by atoms with Crippen LogP contribution in [0.1, 0.15) is 35.4 Å². The summed E-state index contributed by atoms with van der Waals surface area (Å²) < 4.78 is 40.5. The van der Waals surface area contributed by atoms with Crippen LogP contribution in [-0.2, 0) is 6.18 Å². The maximum absolute atomic E-state index is 13.0. The van der Waals surface area contributed by atoms with Crippen LogP contribution < -0.4 is 5.32 Å². The summed E-state index contributed by atoms with van der Waals surface area (Å²) in [6.07, 6.45) is -0.899. The predicted molar refractivity (Wildman–Crippen MR) is 127 cm³/mol. The number of alkyl halides is 3. The first-order valence-corrected chi connectivity index (χ1v) is 11.4. The van der Waals surface area contributed by atoms with Gasteiger partial charge in [0.15, 0.2) is 0 Å². The minimum absolute atomic E-state index is 0.185. The lowest BCUT2D eigenvalue weighted by atomic mass is 9.84. The third kappa shape index (κ3) is 4.68. The van der Waals surface area contributed by atoms with Crippen LogP contribution in [0, 0.1) is 11.3 Å². The second-order valence-electron chi connectivity index (χ2n) is 8.58. The maximum atomic E-state index is 13.0. The number of halogens is 3. The number of hydrogen-bond acceptors (Lipinski definition) is 4. The van der Waals surface area contributed by atoms with Crippen LogP contribution in [0.2, 0.25) is 0 Å². The summed E-state index contributed by atoms with van der Waals surface area (Å²) >= 11 is 0. The van der Waals surface area contributed by atoms with E-state index >= 15 is 0 Å². The standard InChI is InChI=1S/C27H22F3N5/c28-27(29,30)23-8-6-19(7-9-23)24-17-35(34-33-24)25-15-21(18-4-2-1-3-5-18)14-22(16-31)26(25)20-10-12-32-13-11-20/h1-9,14-15,17,20,32H,10-13H2. The molecule has 0 radical (unpaired) electrons. The largest absolute Gasteiger partial charge is 0.416 e. The molecule has 1 fully saturated rings. The lowest BCUT2D eigenvalue weighted by Crippen LogP contribution is -2.27. The summed E-state index contributed by atoms with van der Waals surface area (Å²) in [5, 5.41) is 22.0. The molecule has 0 aliphatic carbocycles. The number of aromatic nitrogens is 3. The average Bonchev–Trinajstić information content (AvgIpc) is 3.39. The van der Waals surface area contributed by atoms with Crippen molar-refractivity contribution in [3.63, 3.8) is 0 Å². The van der Waals surface area contributed by atoms with E-state index in [9.17, 15) is 18.4 Å². The van der Waals surface area contributed by atoms with Crippen LogP contribution in [0.4, 0.5) is 13.2 Å². The second-order valence-corrected chi connectivity index (χ2v) is 8.58. The molecule has 1 aromatic heterocycles. The Balaban J connectivity index is 1.61. The van der Waals surface area contributed by atoms with E-state index in [4.69, 9.17) is 0 Å². The fourth-order valence-electron chi connectivity index (χ4n) is 4.60. The fourth-order valence-corrected chi connectivity index (χ4v) is 4.60. The van der Waals surface area contributed by atoms with Crippen molar-refractivity contribution < 1.29 is 13.2 Å². The molecule has 5 nitrogen and oxygen atoms in total. The zero-order valence-corrected chi connectivity index (χ0v) is 18.8. The molecule has 0 atom stereocenters. The Morgan fingerprint density at radius 1 is 0.914 bits per heavy atom. The second kappa shape index (κ2) is 9.35. The first-order chi connectivity index (χ1) is 16.9. The van der Waals surface area contributed by atoms with E-state index in [1.807, 2.05) is 42.5 Å². The van der Waals surface area contributed by atoms with Crippen LogP contribution in [0.25, 0.3) is 28.1 Å². The van der Waals surface area contributed by atoms with Crippen molar-refractivity contribution in [2.75, 3.05) is 13.1 Å². The number of nitriles is 1. The van der Waals surface area contributed by atoms with Gasteiger partial charge >= 0.3 is 6.18 Å². The van der Waals surface area contributed by atoms with Gasteiger partial charge in [-0.3, -0.25) is 0 Å². The quantitative estimate of drug-likeness (QED) is 0.397. The van der Waals surface area contributed by atoms with Crippen LogP contribution in [0.5, 0.6) is 0 Å². The van der Waals surface area contributed by atoms with Gasteiger partial charge in [0.1, 0.15) is 5.69 Å². The number of rotatable bonds is 4. The summed E-state index contributed by atoms with van der Waals surface area (Å²) in [6.45, 7) is 1.73. The molecule has 5 rings (SSSR count). The van der Waals surface area contributed by atoms with Crippen molar-refractivity contribution in [2.45, 2.75) is 24.9 Å². The van der Waals surface area contributed by atoms with Crippen LogP contribution in [0.3, 0.4) is 0 Å². The van der Waals surface area contributed by atoms with Crippen molar-refractivity contribution >= 4 is 0 Å². The third-order valence-corrected chi connectivity index (χ3v) is 6.38. The van der Waals surface area contributed by atoms with Gasteiger partial charge in [-0.05, 0) is 72.8 Å². The van der Waals surface area contributed by atoms with E-state index < -0.39 is 11.7 Å². The van der Waals surface area contributed by atoms with Gasteiger partial charge in [0, 0.05) is 5.56 Å². The smallest absolute Gasteiger partial charge is 0.317 e. The first-order valence-electron chi connectivity index (χ1n) is 11.4. The topological polar surface area (TPSA) is 66.5 Å². The summed E-state index contributed by atoms with van der Waals surface area (Å²) in [6, 6.07) is 21.0. The molecule has 0 spiro atoms. The fraction of sp³-hybridized carbons (Fsp3) is 0.222. The molecule has 2 heterocycles. The van der Waals surface area contributed by atoms with Crippen molar-refractivity contribution in [2.24, 2.45) is 0 Å². The lowest BCUT2D eigenvalue weighted by Gasteiger charge is -2.26. The molecule has 8 heteroatoms. The number of hydrogen-bond donors (Lipinski definition) is 1. The van der Waals surface area contributed by atoms with Gasteiger partial charge in [-0.15, -0.1) is 5.10 Å². The van der Waals surface area contributed by atoms with Crippen molar-refractivity contribution in [3.8, 4) is 34.1 Å². The SMILES string of the molecule is N#Cc1cc(-c2ccccc2)cc(-n2cc(-c3ccc(C(F)(F)F)cc3)nn2)c1C1CCNCC1. The van der Waals surface area contributed by atoms with Gasteiger partial charge in [-0.1, -0.05) is 47.7 Å². The van der Waals surface area contributed by atoms with E-state index in [0.717, 1.165) is 60.4 Å².